The summed E-state index contributed by atoms with van der Waals surface area (Å²) in [5.41, 5.74) is 3.38. The van der Waals surface area contributed by atoms with Gasteiger partial charge in [0.15, 0.2) is 6.39 Å². The number of oxazole rings is 1. The molecule has 1 heterocycles. The Labute approximate surface area is 113 Å². The van der Waals surface area contributed by atoms with Gasteiger partial charge in [-0.2, -0.15) is 10.4 Å². The summed E-state index contributed by atoms with van der Waals surface area (Å²) >= 11 is 11.7. The minimum absolute atomic E-state index is 0.134. The Hall–Kier alpha value is -2.03. The predicted octanol–water partition coefficient (Wildman–Crippen LogP) is 3.30. The van der Waals surface area contributed by atoms with Gasteiger partial charge in [-0.1, -0.05) is 29.3 Å². The van der Waals surface area contributed by atoms with Crippen molar-refractivity contribution in [3.8, 4) is 6.07 Å². The molecule has 0 atom stereocenters. The van der Waals surface area contributed by atoms with E-state index in [1.165, 1.54) is 6.21 Å². The van der Waals surface area contributed by atoms with Crippen LogP contribution in [0, 0.1) is 11.3 Å². The Balaban J connectivity index is 2.10. The van der Waals surface area contributed by atoms with Crippen LogP contribution in [0.25, 0.3) is 0 Å². The first-order chi connectivity index (χ1) is 8.70. The largest absolute Gasteiger partial charge is 0.425 e. The molecule has 0 unspecified atom stereocenters. The SMILES string of the molecule is N#Cc1ncoc1N/N=C\c1ccc(Cl)cc1Cl. The maximum Gasteiger partial charge on any atom is 0.251 e. The molecule has 0 aliphatic heterocycles. The smallest absolute Gasteiger partial charge is 0.251 e. The first-order valence-electron chi connectivity index (χ1n) is 4.78. The van der Waals surface area contributed by atoms with Crippen molar-refractivity contribution in [2.24, 2.45) is 5.10 Å². The van der Waals surface area contributed by atoms with E-state index in [0.29, 0.717) is 15.6 Å². The van der Waals surface area contributed by atoms with E-state index in [2.05, 4.69) is 15.5 Å². The first-order valence-corrected chi connectivity index (χ1v) is 5.54. The summed E-state index contributed by atoms with van der Waals surface area (Å²) in [6.07, 6.45) is 2.65. The van der Waals surface area contributed by atoms with Gasteiger partial charge in [0, 0.05) is 10.6 Å². The van der Waals surface area contributed by atoms with Crippen LogP contribution in [-0.2, 0) is 0 Å². The molecule has 1 aromatic carbocycles. The van der Waals surface area contributed by atoms with Gasteiger partial charge in [0.05, 0.1) is 11.2 Å². The molecule has 7 heteroatoms. The van der Waals surface area contributed by atoms with Gasteiger partial charge < -0.3 is 4.42 Å². The van der Waals surface area contributed by atoms with Gasteiger partial charge in [0.1, 0.15) is 6.07 Å². The van der Waals surface area contributed by atoms with Crippen molar-refractivity contribution >= 4 is 35.3 Å². The zero-order valence-electron chi connectivity index (χ0n) is 8.89. The Morgan fingerprint density at radius 1 is 1.44 bits per heavy atom. The van der Waals surface area contributed by atoms with E-state index in [1.807, 2.05) is 6.07 Å². The van der Waals surface area contributed by atoms with Crippen molar-refractivity contribution in [1.29, 1.82) is 5.26 Å². The van der Waals surface area contributed by atoms with E-state index in [-0.39, 0.29) is 11.6 Å². The van der Waals surface area contributed by atoms with Crippen LogP contribution < -0.4 is 5.43 Å². The molecule has 2 rings (SSSR count). The molecule has 1 N–H and O–H groups in total. The molecule has 0 aliphatic carbocycles. The molecule has 0 radical (unpaired) electrons. The Morgan fingerprint density at radius 2 is 2.28 bits per heavy atom. The van der Waals surface area contributed by atoms with Gasteiger partial charge in [-0.15, -0.1) is 0 Å². The van der Waals surface area contributed by atoms with Crippen molar-refractivity contribution in [2.45, 2.75) is 0 Å². The number of halogens is 2. The third kappa shape index (κ3) is 2.80. The van der Waals surface area contributed by atoms with Crippen molar-refractivity contribution in [2.75, 3.05) is 5.43 Å². The number of nitrogens with zero attached hydrogens (tertiary/aromatic N) is 3. The minimum Gasteiger partial charge on any atom is -0.425 e. The monoisotopic (exact) mass is 280 g/mol. The second-order valence-corrected chi connectivity index (χ2v) is 4.02. The fourth-order valence-corrected chi connectivity index (χ4v) is 1.63. The average Bonchev–Trinajstić information content (AvgIpc) is 2.79. The van der Waals surface area contributed by atoms with Gasteiger partial charge in [0.2, 0.25) is 5.69 Å². The fraction of sp³-hybridized carbons (Fsp3) is 0. The maximum absolute atomic E-state index is 8.70. The number of hydrogen-bond donors (Lipinski definition) is 1. The van der Waals surface area contributed by atoms with E-state index < -0.39 is 0 Å². The molecule has 0 amide bonds. The molecule has 0 fully saturated rings. The average molecular weight is 281 g/mol. The van der Waals surface area contributed by atoms with Gasteiger partial charge in [0.25, 0.3) is 5.88 Å². The summed E-state index contributed by atoms with van der Waals surface area (Å²) < 4.78 is 4.93. The Bertz CT molecular complexity index is 630. The highest BCUT2D eigenvalue weighted by molar-refractivity contribution is 6.36. The lowest BCUT2D eigenvalue weighted by molar-refractivity contribution is 0.570. The molecule has 0 saturated heterocycles. The number of rotatable bonds is 3. The number of nitrogens with one attached hydrogen (secondary N) is 1. The normalized spacial score (nSPS) is 10.5. The maximum atomic E-state index is 8.70. The third-order valence-electron chi connectivity index (χ3n) is 2.01. The predicted molar refractivity (Wildman–Crippen MR) is 68.9 cm³/mol. The van der Waals surface area contributed by atoms with Crippen LogP contribution in [0.1, 0.15) is 11.3 Å². The van der Waals surface area contributed by atoms with Crippen LogP contribution in [-0.4, -0.2) is 11.2 Å². The van der Waals surface area contributed by atoms with Crippen molar-refractivity contribution < 1.29 is 4.42 Å². The molecule has 0 saturated carbocycles. The quantitative estimate of drug-likeness (QED) is 0.691. The topological polar surface area (TPSA) is 74.2 Å². The summed E-state index contributed by atoms with van der Waals surface area (Å²) in [5, 5.41) is 13.6. The van der Waals surface area contributed by atoms with Gasteiger partial charge in [-0.05, 0) is 12.1 Å². The molecule has 0 bridgehead atoms. The summed E-state index contributed by atoms with van der Waals surface area (Å²) in [6.45, 7) is 0. The van der Waals surface area contributed by atoms with Gasteiger partial charge >= 0.3 is 0 Å². The standard InChI is InChI=1S/C11H6Cl2N4O/c12-8-2-1-7(9(13)3-8)5-16-17-11-10(4-14)15-6-18-11/h1-3,5-6,17H/b16-5-. The molecule has 0 spiro atoms. The van der Waals surface area contributed by atoms with E-state index in [0.717, 1.165) is 6.39 Å². The van der Waals surface area contributed by atoms with Crippen molar-refractivity contribution in [3.05, 3.63) is 45.9 Å². The summed E-state index contributed by atoms with van der Waals surface area (Å²) in [4.78, 5) is 3.68. The first kappa shape index (κ1) is 12.4. The van der Waals surface area contributed by atoms with E-state index in [4.69, 9.17) is 32.9 Å². The van der Waals surface area contributed by atoms with Crippen LogP contribution in [0.4, 0.5) is 5.88 Å². The van der Waals surface area contributed by atoms with Crippen LogP contribution in [0.5, 0.6) is 0 Å². The van der Waals surface area contributed by atoms with Crippen LogP contribution in [0.2, 0.25) is 10.0 Å². The molecule has 0 aliphatic rings. The minimum atomic E-state index is 0.134. The fourth-order valence-electron chi connectivity index (χ4n) is 1.17. The zero-order valence-corrected chi connectivity index (χ0v) is 10.4. The molecule has 90 valence electrons. The van der Waals surface area contributed by atoms with Gasteiger partial charge in [-0.25, -0.2) is 10.4 Å². The number of aromatic nitrogens is 1. The van der Waals surface area contributed by atoms with Crippen LogP contribution >= 0.6 is 23.2 Å². The number of benzene rings is 1. The number of hydrazone groups is 1. The Morgan fingerprint density at radius 3 is 3.00 bits per heavy atom. The molecular formula is C11H6Cl2N4O. The van der Waals surface area contributed by atoms with E-state index >= 15 is 0 Å². The molecule has 2 aromatic rings. The lowest BCUT2D eigenvalue weighted by Gasteiger charge is -1.98. The molecule has 5 nitrogen and oxygen atoms in total. The molecular weight excluding hydrogens is 275 g/mol. The molecule has 1 aromatic heterocycles. The lowest BCUT2D eigenvalue weighted by Crippen LogP contribution is -1.92. The van der Waals surface area contributed by atoms with Crippen molar-refractivity contribution in [3.63, 3.8) is 0 Å². The molecule has 18 heavy (non-hydrogen) atoms. The zero-order chi connectivity index (χ0) is 13.0. The highest BCUT2D eigenvalue weighted by Gasteiger charge is 2.05. The second kappa shape index (κ2) is 5.54. The van der Waals surface area contributed by atoms with Gasteiger partial charge in [-0.3, -0.25) is 0 Å². The summed E-state index contributed by atoms with van der Waals surface area (Å²) in [5.74, 6) is 0.179. The summed E-state index contributed by atoms with van der Waals surface area (Å²) in [6, 6.07) is 6.89. The highest BCUT2D eigenvalue weighted by atomic mass is 35.5. The van der Waals surface area contributed by atoms with E-state index in [1.54, 1.807) is 18.2 Å². The number of anilines is 1. The van der Waals surface area contributed by atoms with Crippen molar-refractivity contribution in [1.82, 2.24) is 4.98 Å². The number of nitriles is 1. The number of hydrogen-bond acceptors (Lipinski definition) is 5. The Kier molecular flexibility index (Phi) is 3.82. The second-order valence-electron chi connectivity index (χ2n) is 3.18. The highest BCUT2D eigenvalue weighted by Crippen LogP contribution is 2.19. The van der Waals surface area contributed by atoms with Crippen LogP contribution in [0.3, 0.4) is 0 Å². The lowest BCUT2D eigenvalue weighted by atomic mass is 10.2. The third-order valence-corrected chi connectivity index (χ3v) is 2.57. The van der Waals surface area contributed by atoms with Crippen LogP contribution in [0.15, 0.2) is 34.1 Å². The van der Waals surface area contributed by atoms with E-state index in [9.17, 15) is 0 Å². The summed E-state index contributed by atoms with van der Waals surface area (Å²) in [7, 11) is 0.